The van der Waals surface area contributed by atoms with Crippen LogP contribution in [0.5, 0.6) is 0 Å². The molecule has 0 saturated carbocycles. The van der Waals surface area contributed by atoms with Gasteiger partial charge in [0.15, 0.2) is 0 Å². The number of aromatic nitrogens is 1. The summed E-state index contributed by atoms with van der Waals surface area (Å²) < 4.78 is 2.48. The number of carboxylic acid groups (broad SMARTS) is 1. The van der Waals surface area contributed by atoms with Gasteiger partial charge in [0.2, 0.25) is 0 Å². The smallest absolute Gasteiger partial charge is 0.333 e. The fraction of sp³-hybridized carbons (Fsp3) is 0.487. The summed E-state index contributed by atoms with van der Waals surface area (Å²) in [5.74, 6) is -1.17. The molecule has 7 aromatic heterocycles. The van der Waals surface area contributed by atoms with Gasteiger partial charge in [-0.3, -0.25) is 4.79 Å². The highest BCUT2D eigenvalue weighted by Gasteiger charge is 2.26. The molecule has 2 aromatic carbocycles. The third-order valence-electron chi connectivity index (χ3n) is 17.8. The minimum atomic E-state index is -1.17. The molecule has 468 valence electrons. The predicted octanol–water partition coefficient (Wildman–Crippen LogP) is 27.3. The molecule has 9 aromatic rings. The maximum Gasteiger partial charge on any atom is 0.333 e. The number of carboxylic acids is 1. The molecule has 7 heterocycles. The summed E-state index contributed by atoms with van der Waals surface area (Å²) in [5.41, 5.74) is 12.6. The summed E-state index contributed by atoms with van der Waals surface area (Å²) in [5, 5.41) is 12.6. The Bertz CT molecular complexity index is 3740. The topological polar surface area (TPSA) is 46.6 Å². The van der Waals surface area contributed by atoms with E-state index < -0.39 is 5.97 Å². The van der Waals surface area contributed by atoms with E-state index in [1.54, 1.807) is 17.4 Å². The summed E-state index contributed by atoms with van der Waals surface area (Å²) >= 11 is 11.9. The summed E-state index contributed by atoms with van der Waals surface area (Å²) in [6.07, 6.45) is 37.5. The zero-order valence-electron chi connectivity index (χ0n) is 54.2. The first kappa shape index (κ1) is 67.5. The number of aryl methyl sites for hydroxylation is 7. The van der Waals surface area contributed by atoms with E-state index >= 15 is 0 Å². The number of thiophene rings is 6. The molecule has 0 fully saturated rings. The van der Waals surface area contributed by atoms with Crippen LogP contribution in [-0.4, -0.2) is 15.6 Å². The molecule has 0 atom stereocenters. The summed E-state index contributed by atoms with van der Waals surface area (Å²) in [7, 11) is 0. The third-order valence-corrected chi connectivity index (χ3v) is 25.7. The van der Waals surface area contributed by atoms with E-state index in [1.165, 1.54) is 262 Å². The molecule has 4 nitrogen and oxygen atoms in total. The van der Waals surface area contributed by atoms with Crippen molar-refractivity contribution in [3.8, 4) is 59.2 Å². The number of benzene rings is 2. The van der Waals surface area contributed by atoms with Crippen LogP contribution in [0.1, 0.15) is 241 Å². The molecule has 0 spiro atoms. The van der Waals surface area contributed by atoms with Crippen LogP contribution in [0, 0.1) is 6.57 Å². The van der Waals surface area contributed by atoms with Crippen LogP contribution in [0.4, 0.5) is 0 Å². The minimum Gasteiger partial charge on any atom is -0.486 e. The lowest BCUT2D eigenvalue weighted by atomic mass is 10.0. The molecule has 0 aliphatic carbocycles. The molecule has 0 aliphatic rings. The Morgan fingerprint density at radius 1 is 0.409 bits per heavy atom. The van der Waals surface area contributed by atoms with Crippen LogP contribution < -0.4 is 0 Å². The van der Waals surface area contributed by atoms with Crippen molar-refractivity contribution in [2.24, 2.45) is 0 Å². The van der Waals surface area contributed by atoms with Crippen molar-refractivity contribution in [2.75, 3.05) is 0 Å². The molecular weight excluding hydrogens is 1190 g/mol. The van der Waals surface area contributed by atoms with Crippen LogP contribution in [-0.2, 0) is 49.9 Å². The molecule has 1 N–H and O–H groups in total. The second-order valence-electron chi connectivity index (χ2n) is 24.6. The summed E-state index contributed by atoms with van der Waals surface area (Å²) in [6.45, 7) is 24.8. The highest BCUT2D eigenvalue weighted by Crippen LogP contribution is 2.53. The Kier molecular flexibility index (Phi) is 26.5. The van der Waals surface area contributed by atoms with Gasteiger partial charge in [-0.2, -0.15) is 0 Å². The maximum absolute atomic E-state index is 12.1. The Labute approximate surface area is 553 Å². The lowest BCUT2D eigenvalue weighted by Crippen LogP contribution is -1.94. The molecular formula is C78H98N2O2S6. The number of carbonyl (C=O) groups is 1. The molecule has 0 radical (unpaired) electrons. The zero-order chi connectivity index (χ0) is 61.8. The van der Waals surface area contributed by atoms with Gasteiger partial charge >= 0.3 is 5.97 Å². The standard InChI is InChI=1S/C78H98N2O2S6/c1-9-16-22-28-36-54-46-61(53-64(79-8)78(81)82)83-73(54)67-49-56(38-30-24-18-11-3)75(85-67)69-51-58(40-32-26-20-13-5)77(87-69)71-52-59(41-33-27-21-14-6)76(88-71)70-50-57(39-31-25-19-12-4)74(86-70)68-48-55(37-29-23-17-10-2)72(84-68)60-44-45-66-63(47-60)62-42-34-35-43-65(62)80(66)15-7/h34-35,42-53H,9-33,36-41H2,1-7H3,(H,81,82). The second-order valence-corrected chi connectivity index (χ2v) is 31.0. The van der Waals surface area contributed by atoms with Gasteiger partial charge in [-0.25, -0.2) is 4.85 Å². The molecule has 10 heteroatoms. The molecule has 88 heavy (non-hydrogen) atoms. The van der Waals surface area contributed by atoms with E-state index in [9.17, 15) is 9.90 Å². The normalized spacial score (nSPS) is 12.0. The van der Waals surface area contributed by atoms with Gasteiger partial charge in [-0.15, -0.1) is 68.0 Å². The monoisotopic (exact) mass is 1290 g/mol. The molecule has 9 rings (SSSR count). The van der Waals surface area contributed by atoms with Crippen molar-refractivity contribution in [1.82, 2.24) is 4.57 Å². The van der Waals surface area contributed by atoms with Crippen LogP contribution in [0.25, 0.3) is 91.9 Å². The van der Waals surface area contributed by atoms with Gasteiger partial charge in [-0.1, -0.05) is 181 Å². The number of para-hydroxylation sites is 1. The Hall–Kier alpha value is -4.86. The largest absolute Gasteiger partial charge is 0.486 e. The van der Waals surface area contributed by atoms with Crippen molar-refractivity contribution in [3.63, 3.8) is 0 Å². The average Bonchev–Trinajstić information content (AvgIpc) is 2.86. The molecule has 0 saturated heterocycles. The Morgan fingerprint density at radius 2 is 0.750 bits per heavy atom. The van der Waals surface area contributed by atoms with Crippen molar-refractivity contribution in [2.45, 2.75) is 248 Å². The highest BCUT2D eigenvalue weighted by atomic mass is 32.1. The fourth-order valence-electron chi connectivity index (χ4n) is 12.9. The average molecular weight is 1290 g/mol. The number of fused-ring (bicyclic) bond motifs is 3. The van der Waals surface area contributed by atoms with Crippen molar-refractivity contribution >= 4 is 102 Å². The van der Waals surface area contributed by atoms with Gasteiger partial charge in [-0.05, 0) is 184 Å². The lowest BCUT2D eigenvalue weighted by molar-refractivity contribution is -0.132. The number of rotatable bonds is 39. The highest BCUT2D eigenvalue weighted by molar-refractivity contribution is 7.31. The molecule has 0 unspecified atom stereocenters. The Morgan fingerprint density at radius 3 is 1.11 bits per heavy atom. The van der Waals surface area contributed by atoms with Gasteiger partial charge < -0.3 is 9.67 Å². The second kappa shape index (κ2) is 34.5. The zero-order valence-corrected chi connectivity index (χ0v) is 59.1. The van der Waals surface area contributed by atoms with E-state index in [0.29, 0.717) is 0 Å². The summed E-state index contributed by atoms with van der Waals surface area (Å²) in [6, 6.07) is 31.5. The molecule has 0 aliphatic heterocycles. The molecule has 0 bridgehead atoms. The van der Waals surface area contributed by atoms with Crippen LogP contribution >= 0.6 is 68.0 Å². The Balaban J connectivity index is 1.16. The van der Waals surface area contributed by atoms with Crippen molar-refractivity contribution in [1.29, 1.82) is 0 Å². The number of aliphatic carboxylic acids is 1. The quantitative estimate of drug-likeness (QED) is 0.0237. The van der Waals surface area contributed by atoms with E-state index in [1.807, 2.05) is 22.7 Å². The van der Waals surface area contributed by atoms with Gasteiger partial charge in [0.05, 0.1) is 6.57 Å². The number of hydrogen-bond donors (Lipinski definition) is 1. The van der Waals surface area contributed by atoms with Gasteiger partial charge in [0, 0.05) is 86.9 Å². The number of nitrogens with zero attached hydrogens (tertiary/aromatic N) is 2. The maximum atomic E-state index is 12.1. The van der Waals surface area contributed by atoms with E-state index in [4.69, 9.17) is 6.57 Å². The van der Waals surface area contributed by atoms with Crippen LogP contribution in [0.3, 0.4) is 0 Å². The lowest BCUT2D eigenvalue weighted by Gasteiger charge is -2.06. The third kappa shape index (κ3) is 17.0. The fourth-order valence-corrected chi connectivity index (χ4v) is 20.8. The SMILES string of the molecule is [C-]#[N+]C(=Cc1cc(CCCCCC)c(-c2cc(CCCCCC)c(-c3cc(CCCCCC)c(-c4cc(CCCCCC)c(-c5cc(CCCCCC)c(-c6cc(CCCCCC)c(-c7ccc8c(c7)c7ccccc7n8CC)s6)s5)s4)s3)s2)s1)C(=O)O. The van der Waals surface area contributed by atoms with Crippen molar-refractivity contribution < 1.29 is 9.90 Å². The first-order chi connectivity index (χ1) is 43.1. The molecule has 0 amide bonds. The van der Waals surface area contributed by atoms with Crippen LogP contribution in [0.2, 0.25) is 0 Å². The van der Waals surface area contributed by atoms with Gasteiger partial charge in [0.25, 0.3) is 5.70 Å². The van der Waals surface area contributed by atoms with E-state index in [-0.39, 0.29) is 5.70 Å². The number of unbranched alkanes of at least 4 members (excludes halogenated alkanes) is 18. The van der Waals surface area contributed by atoms with E-state index in [2.05, 4.69) is 171 Å². The minimum absolute atomic E-state index is 0.227. The van der Waals surface area contributed by atoms with E-state index in [0.717, 1.165) is 56.4 Å². The number of hydrogen-bond acceptors (Lipinski definition) is 7. The predicted molar refractivity (Wildman–Crippen MR) is 394 cm³/mol. The summed E-state index contributed by atoms with van der Waals surface area (Å²) in [4.78, 5) is 31.9. The first-order valence-electron chi connectivity index (χ1n) is 34.3. The van der Waals surface area contributed by atoms with Crippen molar-refractivity contribution in [3.05, 3.63) is 134 Å². The van der Waals surface area contributed by atoms with Gasteiger partial charge in [0.1, 0.15) is 0 Å². The first-order valence-corrected chi connectivity index (χ1v) is 39.2. The van der Waals surface area contributed by atoms with Crippen LogP contribution in [0.15, 0.2) is 84.6 Å².